The molecular formula is C29H50O4. The van der Waals surface area contributed by atoms with Crippen molar-refractivity contribution in [1.29, 1.82) is 0 Å². The molecule has 0 saturated heterocycles. The zero-order valence-corrected chi connectivity index (χ0v) is 22.0. The lowest BCUT2D eigenvalue weighted by atomic mass is 9.44. The molecule has 0 aromatic heterocycles. The van der Waals surface area contributed by atoms with Gasteiger partial charge in [-0.15, -0.1) is 0 Å². The van der Waals surface area contributed by atoms with E-state index in [4.69, 9.17) is 0 Å². The molecule has 12 atom stereocenters. The Morgan fingerprint density at radius 3 is 2.21 bits per heavy atom. The fourth-order valence-corrected chi connectivity index (χ4v) is 9.83. The van der Waals surface area contributed by atoms with Crippen LogP contribution in [-0.4, -0.2) is 39.4 Å². The predicted octanol–water partition coefficient (Wildman–Crippen LogP) is 5.23. The van der Waals surface area contributed by atoms with Crippen molar-refractivity contribution in [2.75, 3.05) is 0 Å². The number of aliphatic hydroxyl groups excluding tert-OH is 3. The Bertz CT molecular complexity index is 720. The smallest absolute Gasteiger partial charge is 0.136 e. The van der Waals surface area contributed by atoms with Crippen LogP contribution in [-0.2, 0) is 4.79 Å². The minimum absolute atomic E-state index is 0.0435. The molecule has 0 bridgehead atoms. The van der Waals surface area contributed by atoms with Crippen molar-refractivity contribution in [2.45, 2.75) is 118 Å². The van der Waals surface area contributed by atoms with E-state index in [1.807, 2.05) is 0 Å². The molecule has 0 aliphatic heterocycles. The van der Waals surface area contributed by atoms with Crippen molar-refractivity contribution >= 4 is 5.78 Å². The zero-order valence-electron chi connectivity index (χ0n) is 22.0. The number of aliphatic hydroxyl groups is 3. The molecule has 4 heteroatoms. The molecule has 0 amide bonds. The van der Waals surface area contributed by atoms with Crippen LogP contribution in [0.4, 0.5) is 0 Å². The summed E-state index contributed by atoms with van der Waals surface area (Å²) in [6.07, 6.45) is 6.96. The van der Waals surface area contributed by atoms with Gasteiger partial charge in [-0.1, -0.05) is 48.0 Å². The van der Waals surface area contributed by atoms with Gasteiger partial charge in [0.05, 0.1) is 18.3 Å². The average molecular weight is 463 g/mol. The van der Waals surface area contributed by atoms with Gasteiger partial charge >= 0.3 is 0 Å². The van der Waals surface area contributed by atoms with Crippen molar-refractivity contribution in [3.63, 3.8) is 0 Å². The van der Waals surface area contributed by atoms with E-state index >= 15 is 0 Å². The van der Waals surface area contributed by atoms with Gasteiger partial charge in [-0.3, -0.25) is 4.79 Å². The van der Waals surface area contributed by atoms with Gasteiger partial charge in [0.1, 0.15) is 5.78 Å². The summed E-state index contributed by atoms with van der Waals surface area (Å²) in [6, 6.07) is 0. The van der Waals surface area contributed by atoms with E-state index < -0.39 is 12.2 Å². The third kappa shape index (κ3) is 4.04. The second-order valence-electron chi connectivity index (χ2n) is 13.4. The Kier molecular flexibility index (Phi) is 7.15. The van der Waals surface area contributed by atoms with E-state index in [2.05, 4.69) is 41.5 Å². The Morgan fingerprint density at radius 1 is 0.939 bits per heavy atom. The minimum Gasteiger partial charge on any atom is -0.393 e. The fraction of sp³-hybridized carbons (Fsp3) is 0.966. The van der Waals surface area contributed by atoms with Gasteiger partial charge in [-0.05, 0) is 97.2 Å². The molecule has 0 aromatic rings. The van der Waals surface area contributed by atoms with Gasteiger partial charge in [0.25, 0.3) is 0 Å². The van der Waals surface area contributed by atoms with Crippen LogP contribution in [0.3, 0.4) is 0 Å². The summed E-state index contributed by atoms with van der Waals surface area (Å²) in [5.74, 6) is 2.94. The summed E-state index contributed by atoms with van der Waals surface area (Å²) in [5, 5.41) is 32.6. The van der Waals surface area contributed by atoms with E-state index in [0.717, 1.165) is 38.5 Å². The molecule has 0 radical (unpaired) electrons. The first-order valence-corrected chi connectivity index (χ1v) is 14.0. The number of hydrogen-bond donors (Lipinski definition) is 3. The maximum Gasteiger partial charge on any atom is 0.136 e. The van der Waals surface area contributed by atoms with Gasteiger partial charge in [0.2, 0.25) is 0 Å². The minimum atomic E-state index is -0.689. The topological polar surface area (TPSA) is 77.8 Å². The summed E-state index contributed by atoms with van der Waals surface area (Å²) in [5.41, 5.74) is 0.185. The summed E-state index contributed by atoms with van der Waals surface area (Å²) >= 11 is 0. The highest BCUT2D eigenvalue weighted by Crippen LogP contribution is 2.67. The van der Waals surface area contributed by atoms with Crippen molar-refractivity contribution in [3.05, 3.63) is 0 Å². The second kappa shape index (κ2) is 9.21. The summed E-state index contributed by atoms with van der Waals surface area (Å²) in [4.78, 5) is 13.3. The Hall–Kier alpha value is -0.450. The van der Waals surface area contributed by atoms with Crippen LogP contribution in [0.25, 0.3) is 0 Å². The van der Waals surface area contributed by atoms with E-state index in [1.165, 1.54) is 6.42 Å². The molecule has 4 rings (SSSR count). The predicted molar refractivity (Wildman–Crippen MR) is 131 cm³/mol. The van der Waals surface area contributed by atoms with Gasteiger partial charge < -0.3 is 15.3 Å². The Morgan fingerprint density at radius 2 is 1.58 bits per heavy atom. The molecular weight excluding hydrogens is 412 g/mol. The van der Waals surface area contributed by atoms with Crippen LogP contribution in [0.5, 0.6) is 0 Å². The number of ketones is 1. The first kappa shape index (κ1) is 25.6. The lowest BCUT2D eigenvalue weighted by Crippen LogP contribution is -2.57. The molecule has 0 unspecified atom stereocenters. The van der Waals surface area contributed by atoms with E-state index in [9.17, 15) is 20.1 Å². The van der Waals surface area contributed by atoms with Crippen LogP contribution in [0, 0.1) is 58.2 Å². The quantitative estimate of drug-likeness (QED) is 0.505. The van der Waals surface area contributed by atoms with Gasteiger partial charge in [-0.25, -0.2) is 0 Å². The van der Waals surface area contributed by atoms with Gasteiger partial charge in [0.15, 0.2) is 0 Å². The number of carbonyl (C=O) groups excluding carboxylic acids is 1. The highest BCUT2D eigenvalue weighted by Gasteiger charge is 2.63. The average Bonchev–Trinajstić information content (AvgIpc) is 3.11. The van der Waals surface area contributed by atoms with Crippen molar-refractivity contribution in [3.8, 4) is 0 Å². The van der Waals surface area contributed by atoms with Gasteiger partial charge in [0, 0.05) is 12.3 Å². The molecule has 4 saturated carbocycles. The molecule has 0 aromatic carbocycles. The maximum absolute atomic E-state index is 13.3. The van der Waals surface area contributed by atoms with Crippen molar-refractivity contribution in [1.82, 2.24) is 0 Å². The van der Waals surface area contributed by atoms with E-state index in [0.29, 0.717) is 48.2 Å². The first-order chi connectivity index (χ1) is 15.5. The third-order valence-corrected chi connectivity index (χ3v) is 11.8. The standard InChI is InChI=1S/C29H50O4/c1-7-19(16(2)3)27(33)26(32)17(4)21-8-9-22-20-15-25(31)24-14-18(30)10-12-29(24,6)23(20)11-13-28(21,22)5/h16-24,26-27,30,32-33H,7-15H2,1-6H3/t17-,18-,19-,20-,21+,22-,23-,24+,26-,27-,28+,29+/m0/s1. The SMILES string of the molecule is CC[C@@H](C(C)C)[C@H](O)[C@@H](O)[C@@H](C)[C@H]1CC[C@H]2[C@@H]3CC(=O)[C@H]4C[C@@H](O)CC[C@]4(C)[C@H]3CC[C@]12C. The van der Waals surface area contributed by atoms with Crippen LogP contribution in [0.15, 0.2) is 0 Å². The van der Waals surface area contributed by atoms with Crippen molar-refractivity contribution < 1.29 is 20.1 Å². The normalized spacial score (nSPS) is 46.8. The summed E-state index contributed by atoms with van der Waals surface area (Å²) in [7, 11) is 0. The lowest BCUT2D eigenvalue weighted by molar-refractivity contribution is -0.161. The molecule has 0 heterocycles. The number of fused-ring (bicyclic) bond motifs is 5. The molecule has 190 valence electrons. The number of hydrogen-bond acceptors (Lipinski definition) is 4. The molecule has 4 aliphatic rings. The molecule has 4 nitrogen and oxygen atoms in total. The van der Waals surface area contributed by atoms with E-state index in [-0.39, 0.29) is 34.7 Å². The summed E-state index contributed by atoms with van der Waals surface area (Å²) < 4.78 is 0. The number of carbonyl (C=O) groups is 1. The van der Waals surface area contributed by atoms with Crippen LogP contribution in [0.1, 0.15) is 99.3 Å². The first-order valence-electron chi connectivity index (χ1n) is 14.0. The van der Waals surface area contributed by atoms with E-state index in [1.54, 1.807) is 0 Å². The van der Waals surface area contributed by atoms with Gasteiger partial charge in [-0.2, -0.15) is 0 Å². The molecule has 4 fully saturated rings. The third-order valence-electron chi connectivity index (χ3n) is 11.8. The number of Topliss-reactive ketones (excluding diaryl/α,β-unsaturated/α-hetero) is 1. The molecule has 0 spiro atoms. The van der Waals surface area contributed by atoms with Crippen LogP contribution >= 0.6 is 0 Å². The second-order valence-corrected chi connectivity index (χ2v) is 13.4. The highest BCUT2D eigenvalue weighted by molar-refractivity contribution is 5.83. The molecule has 33 heavy (non-hydrogen) atoms. The fourth-order valence-electron chi connectivity index (χ4n) is 9.83. The molecule has 4 aliphatic carbocycles. The largest absolute Gasteiger partial charge is 0.393 e. The van der Waals surface area contributed by atoms with Crippen LogP contribution in [0.2, 0.25) is 0 Å². The monoisotopic (exact) mass is 462 g/mol. The lowest BCUT2D eigenvalue weighted by Gasteiger charge is -2.60. The maximum atomic E-state index is 13.3. The Labute approximate surface area is 201 Å². The summed E-state index contributed by atoms with van der Waals surface area (Å²) in [6.45, 7) is 13.3. The van der Waals surface area contributed by atoms with Crippen LogP contribution < -0.4 is 0 Å². The zero-order chi connectivity index (χ0) is 24.3. The Balaban J connectivity index is 1.54. The molecule has 3 N–H and O–H groups in total. The number of rotatable bonds is 6. The van der Waals surface area contributed by atoms with Crippen molar-refractivity contribution in [2.24, 2.45) is 58.2 Å². The highest BCUT2D eigenvalue weighted by atomic mass is 16.3.